The van der Waals surface area contributed by atoms with Crippen LogP contribution in [0.2, 0.25) is 4.34 Å². The first-order valence-corrected chi connectivity index (χ1v) is 11.1. The predicted molar refractivity (Wildman–Crippen MR) is 98.7 cm³/mol. The number of fused-ring (bicyclic) bond motifs is 1. The zero-order chi connectivity index (χ0) is 18.3. The number of carbonyl (C=O) groups is 1. The Labute approximate surface area is 161 Å². The lowest BCUT2D eigenvalue weighted by Gasteiger charge is -2.36. The highest BCUT2D eigenvalue weighted by molar-refractivity contribution is 7.91. The van der Waals surface area contributed by atoms with Crippen LogP contribution in [0.5, 0.6) is 0 Å². The number of amides is 1. The normalized spacial score (nSPS) is 21.6. The van der Waals surface area contributed by atoms with E-state index in [0.29, 0.717) is 36.9 Å². The maximum absolute atomic E-state index is 12.8. The number of sulfonamides is 1. The molecule has 0 radical (unpaired) electrons. The largest absolute Gasteiger partial charge is 0.340 e. The Bertz CT molecular complexity index is 916. The topological polar surface area (TPSA) is 75.5 Å². The summed E-state index contributed by atoms with van der Waals surface area (Å²) in [4.78, 5) is 18.8. The van der Waals surface area contributed by atoms with E-state index in [1.807, 2.05) is 6.20 Å². The lowest BCUT2D eigenvalue weighted by molar-refractivity contribution is -0.137. The molecular formula is C16H19ClN4O3S2. The summed E-state index contributed by atoms with van der Waals surface area (Å²) in [6.45, 7) is 2.28. The number of piperazine rings is 1. The van der Waals surface area contributed by atoms with E-state index >= 15 is 0 Å². The molecular weight excluding hydrogens is 396 g/mol. The SMILES string of the molecule is O=C([C@@H]1CCn2cncc2C1)N1CCN(S(=O)(=O)c2ccc(Cl)s2)CC1. The van der Waals surface area contributed by atoms with Gasteiger partial charge in [-0.15, -0.1) is 11.3 Å². The van der Waals surface area contributed by atoms with Crippen LogP contribution in [-0.4, -0.2) is 59.3 Å². The van der Waals surface area contributed by atoms with Crippen LogP contribution in [0.4, 0.5) is 0 Å². The maximum atomic E-state index is 12.8. The minimum absolute atomic E-state index is 0.0431. The van der Waals surface area contributed by atoms with Crippen molar-refractivity contribution in [2.24, 2.45) is 5.92 Å². The maximum Gasteiger partial charge on any atom is 0.252 e. The molecule has 4 heterocycles. The van der Waals surface area contributed by atoms with E-state index in [1.54, 1.807) is 17.3 Å². The molecule has 1 fully saturated rings. The first kappa shape index (κ1) is 18.0. The minimum atomic E-state index is -3.53. The number of carbonyl (C=O) groups excluding carboxylic acids is 1. The van der Waals surface area contributed by atoms with Gasteiger partial charge in [0.25, 0.3) is 10.0 Å². The number of hydrogen-bond acceptors (Lipinski definition) is 5. The summed E-state index contributed by atoms with van der Waals surface area (Å²) in [5.74, 6) is 0.0760. The van der Waals surface area contributed by atoms with Gasteiger partial charge in [0.2, 0.25) is 5.91 Å². The molecule has 26 heavy (non-hydrogen) atoms. The molecule has 4 rings (SSSR count). The van der Waals surface area contributed by atoms with Gasteiger partial charge in [-0.25, -0.2) is 13.4 Å². The Hall–Kier alpha value is -1.42. The highest BCUT2D eigenvalue weighted by Crippen LogP contribution is 2.29. The Kier molecular flexibility index (Phi) is 4.81. The standard InChI is InChI=1S/C16H19ClN4O3S2/c17-14-1-2-15(25-14)26(23,24)21-7-5-19(6-8-21)16(22)12-3-4-20-11-18-10-13(20)9-12/h1-2,10-12H,3-9H2/t12-/m1/s1. The van der Waals surface area contributed by atoms with E-state index in [4.69, 9.17) is 11.6 Å². The van der Waals surface area contributed by atoms with Crippen molar-refractivity contribution in [3.63, 3.8) is 0 Å². The first-order chi connectivity index (χ1) is 12.4. The third kappa shape index (κ3) is 3.28. The fourth-order valence-corrected chi connectivity index (χ4v) is 6.61. The molecule has 7 nitrogen and oxygen atoms in total. The molecule has 2 aromatic heterocycles. The van der Waals surface area contributed by atoms with Crippen LogP contribution in [0, 0.1) is 5.92 Å². The Morgan fingerprint density at radius 3 is 2.65 bits per heavy atom. The van der Waals surface area contributed by atoms with Crippen LogP contribution in [0.25, 0.3) is 0 Å². The van der Waals surface area contributed by atoms with Crippen molar-refractivity contribution in [3.8, 4) is 0 Å². The monoisotopic (exact) mass is 414 g/mol. The average molecular weight is 415 g/mol. The quantitative estimate of drug-likeness (QED) is 0.765. The smallest absolute Gasteiger partial charge is 0.252 e. The fraction of sp³-hybridized carbons (Fsp3) is 0.500. The van der Waals surface area contributed by atoms with Gasteiger partial charge in [0, 0.05) is 57.0 Å². The second-order valence-electron chi connectivity index (χ2n) is 6.56. The molecule has 2 aliphatic rings. The van der Waals surface area contributed by atoms with Crippen molar-refractivity contribution < 1.29 is 13.2 Å². The summed E-state index contributed by atoms with van der Waals surface area (Å²) in [5.41, 5.74) is 1.09. The first-order valence-electron chi connectivity index (χ1n) is 8.48. The highest BCUT2D eigenvalue weighted by Gasteiger charge is 2.34. The van der Waals surface area contributed by atoms with Crippen molar-refractivity contribution >= 4 is 38.9 Å². The molecule has 0 N–H and O–H groups in total. The zero-order valence-corrected chi connectivity index (χ0v) is 16.4. The molecule has 1 amide bonds. The van der Waals surface area contributed by atoms with Crippen molar-refractivity contribution in [3.05, 3.63) is 34.7 Å². The summed E-state index contributed by atoms with van der Waals surface area (Å²) in [7, 11) is -3.53. The van der Waals surface area contributed by atoms with Crippen molar-refractivity contribution in [2.45, 2.75) is 23.6 Å². The summed E-state index contributed by atoms with van der Waals surface area (Å²) in [5, 5.41) is 0. The molecule has 0 bridgehead atoms. The van der Waals surface area contributed by atoms with Crippen LogP contribution < -0.4 is 0 Å². The van der Waals surface area contributed by atoms with Gasteiger partial charge in [0.05, 0.1) is 10.7 Å². The Balaban J connectivity index is 1.38. The second kappa shape index (κ2) is 6.95. The van der Waals surface area contributed by atoms with Crippen LogP contribution in [-0.2, 0) is 27.8 Å². The van der Waals surface area contributed by atoms with Gasteiger partial charge in [-0.1, -0.05) is 11.6 Å². The number of hydrogen-bond donors (Lipinski definition) is 0. The average Bonchev–Trinajstić information content (AvgIpc) is 3.29. The molecule has 1 atom stereocenters. The fourth-order valence-electron chi connectivity index (χ4n) is 3.55. The van der Waals surface area contributed by atoms with Gasteiger partial charge in [-0.3, -0.25) is 4.79 Å². The van der Waals surface area contributed by atoms with Gasteiger partial charge in [-0.2, -0.15) is 4.31 Å². The van der Waals surface area contributed by atoms with E-state index in [9.17, 15) is 13.2 Å². The number of thiophene rings is 1. The minimum Gasteiger partial charge on any atom is -0.340 e. The van der Waals surface area contributed by atoms with E-state index in [0.717, 1.165) is 30.0 Å². The molecule has 2 aliphatic heterocycles. The number of aromatic nitrogens is 2. The van der Waals surface area contributed by atoms with Crippen LogP contribution >= 0.6 is 22.9 Å². The molecule has 10 heteroatoms. The molecule has 140 valence electrons. The summed E-state index contributed by atoms with van der Waals surface area (Å²) in [6.07, 6.45) is 5.12. The number of nitrogens with zero attached hydrogens (tertiary/aromatic N) is 4. The van der Waals surface area contributed by atoms with Crippen LogP contribution in [0.15, 0.2) is 28.9 Å². The van der Waals surface area contributed by atoms with Gasteiger partial charge in [0.15, 0.2) is 0 Å². The third-order valence-electron chi connectivity index (χ3n) is 5.01. The number of imidazole rings is 1. The molecule has 0 aromatic carbocycles. The third-order valence-corrected chi connectivity index (χ3v) is 8.61. The van der Waals surface area contributed by atoms with Gasteiger partial charge in [-0.05, 0) is 18.6 Å². The van der Waals surface area contributed by atoms with Gasteiger partial charge >= 0.3 is 0 Å². The number of aryl methyl sites for hydroxylation is 1. The number of halogens is 1. The molecule has 0 saturated carbocycles. The highest BCUT2D eigenvalue weighted by atomic mass is 35.5. The van der Waals surface area contributed by atoms with Gasteiger partial charge < -0.3 is 9.47 Å². The van der Waals surface area contributed by atoms with Crippen LogP contribution in [0.1, 0.15) is 12.1 Å². The van der Waals surface area contributed by atoms with E-state index in [-0.39, 0.29) is 16.0 Å². The second-order valence-corrected chi connectivity index (χ2v) is 10.4. The van der Waals surface area contributed by atoms with E-state index < -0.39 is 10.0 Å². The van der Waals surface area contributed by atoms with Crippen LogP contribution in [0.3, 0.4) is 0 Å². The van der Waals surface area contributed by atoms with E-state index in [1.165, 1.54) is 10.4 Å². The molecule has 1 saturated heterocycles. The van der Waals surface area contributed by atoms with Crippen molar-refractivity contribution in [1.29, 1.82) is 0 Å². The number of rotatable bonds is 3. The Morgan fingerprint density at radius 1 is 1.19 bits per heavy atom. The van der Waals surface area contributed by atoms with Gasteiger partial charge in [0.1, 0.15) is 4.21 Å². The van der Waals surface area contributed by atoms with E-state index in [2.05, 4.69) is 9.55 Å². The van der Waals surface area contributed by atoms with Crippen molar-refractivity contribution in [1.82, 2.24) is 18.8 Å². The molecule has 0 unspecified atom stereocenters. The zero-order valence-electron chi connectivity index (χ0n) is 14.0. The molecule has 2 aromatic rings. The lowest BCUT2D eigenvalue weighted by Crippen LogP contribution is -2.52. The lowest BCUT2D eigenvalue weighted by atomic mass is 9.94. The summed E-state index contributed by atoms with van der Waals surface area (Å²) < 4.78 is 29.5. The predicted octanol–water partition coefficient (Wildman–Crippen LogP) is 1.69. The Morgan fingerprint density at radius 2 is 1.96 bits per heavy atom. The summed E-state index contributed by atoms with van der Waals surface area (Å²) >= 11 is 6.92. The molecule has 0 spiro atoms. The summed E-state index contributed by atoms with van der Waals surface area (Å²) in [6, 6.07) is 3.12. The molecule has 0 aliphatic carbocycles. The van der Waals surface area contributed by atoms with Crippen molar-refractivity contribution in [2.75, 3.05) is 26.2 Å².